The monoisotopic (exact) mass is 236 g/mol. The van der Waals surface area contributed by atoms with Crippen molar-refractivity contribution in [3.05, 3.63) is 24.0 Å². The molecule has 1 rings (SSSR count). The Morgan fingerprint density at radius 1 is 1.06 bits per heavy atom. The van der Waals surface area contributed by atoms with E-state index in [1.807, 2.05) is 7.05 Å². The molecule has 0 aliphatic heterocycles. The summed E-state index contributed by atoms with van der Waals surface area (Å²) < 4.78 is 2.38. The molecule has 0 radical (unpaired) electrons. The second-order valence-electron chi connectivity index (χ2n) is 4.84. The molecule has 1 N–H and O–H groups in total. The van der Waals surface area contributed by atoms with E-state index in [0.717, 1.165) is 6.54 Å². The fourth-order valence-corrected chi connectivity index (χ4v) is 2.25. The quantitative estimate of drug-likeness (QED) is 0.608. The number of aryl methyl sites for hydroxylation is 1. The van der Waals surface area contributed by atoms with Crippen LogP contribution in [0.4, 0.5) is 0 Å². The molecule has 0 bridgehead atoms. The maximum Gasteiger partial charge on any atom is 0.0356 e. The molecule has 0 saturated heterocycles. The van der Waals surface area contributed by atoms with Gasteiger partial charge in [0.2, 0.25) is 0 Å². The zero-order chi connectivity index (χ0) is 12.3. The zero-order valence-corrected chi connectivity index (χ0v) is 11.5. The molecule has 0 unspecified atom stereocenters. The van der Waals surface area contributed by atoms with Crippen LogP contribution in [0.25, 0.3) is 0 Å². The summed E-state index contributed by atoms with van der Waals surface area (Å²) in [5.41, 5.74) is 1.40. The lowest BCUT2D eigenvalue weighted by Gasteiger charge is -2.08. The normalized spacial score (nSPS) is 10.9. The highest BCUT2D eigenvalue weighted by Gasteiger charge is 1.99. The van der Waals surface area contributed by atoms with Crippen molar-refractivity contribution in [2.75, 3.05) is 7.05 Å². The van der Waals surface area contributed by atoms with Crippen LogP contribution in [0.15, 0.2) is 18.3 Å². The number of hydrogen-bond acceptors (Lipinski definition) is 1. The second-order valence-corrected chi connectivity index (χ2v) is 4.84. The zero-order valence-electron chi connectivity index (χ0n) is 11.5. The molecule has 2 heteroatoms. The van der Waals surface area contributed by atoms with Gasteiger partial charge < -0.3 is 9.88 Å². The summed E-state index contributed by atoms with van der Waals surface area (Å²) >= 11 is 0. The molecular weight excluding hydrogens is 208 g/mol. The Bertz CT molecular complexity index is 278. The lowest BCUT2D eigenvalue weighted by molar-refractivity contribution is 0.539. The highest BCUT2D eigenvalue weighted by atomic mass is 15.0. The molecular formula is C15H28N2. The van der Waals surface area contributed by atoms with Crippen molar-refractivity contribution in [3.8, 4) is 0 Å². The maximum absolute atomic E-state index is 3.21. The van der Waals surface area contributed by atoms with Gasteiger partial charge in [-0.3, -0.25) is 0 Å². The average molecular weight is 236 g/mol. The first-order chi connectivity index (χ1) is 8.38. The van der Waals surface area contributed by atoms with Crippen LogP contribution < -0.4 is 5.32 Å². The summed E-state index contributed by atoms with van der Waals surface area (Å²) in [6.45, 7) is 4.43. The van der Waals surface area contributed by atoms with Gasteiger partial charge in [-0.05, 0) is 25.6 Å². The van der Waals surface area contributed by atoms with Crippen molar-refractivity contribution >= 4 is 0 Å². The van der Waals surface area contributed by atoms with E-state index in [4.69, 9.17) is 0 Å². The predicted molar refractivity (Wildman–Crippen MR) is 75.2 cm³/mol. The SMILES string of the molecule is CCCCCCCCCn1cccc1CNC. The summed E-state index contributed by atoms with van der Waals surface area (Å²) in [5, 5.41) is 3.21. The van der Waals surface area contributed by atoms with Crippen LogP contribution in [0.1, 0.15) is 57.6 Å². The van der Waals surface area contributed by atoms with Crippen LogP contribution in [-0.4, -0.2) is 11.6 Å². The molecule has 1 aromatic rings. The lowest BCUT2D eigenvalue weighted by atomic mass is 10.1. The molecule has 0 aliphatic rings. The fraction of sp³-hybridized carbons (Fsp3) is 0.733. The largest absolute Gasteiger partial charge is 0.350 e. The summed E-state index contributed by atoms with van der Waals surface area (Å²) in [4.78, 5) is 0. The second kappa shape index (κ2) is 9.29. The molecule has 0 saturated carbocycles. The lowest BCUT2D eigenvalue weighted by Crippen LogP contribution is -2.10. The standard InChI is InChI=1S/C15H28N2/c1-3-4-5-6-7-8-9-12-17-13-10-11-15(17)14-16-2/h10-11,13,16H,3-9,12,14H2,1-2H3. The molecule has 17 heavy (non-hydrogen) atoms. The number of rotatable bonds is 10. The average Bonchev–Trinajstić information content (AvgIpc) is 2.76. The smallest absolute Gasteiger partial charge is 0.0356 e. The molecule has 0 fully saturated rings. The van der Waals surface area contributed by atoms with Gasteiger partial charge in [-0.2, -0.15) is 0 Å². The molecule has 98 valence electrons. The van der Waals surface area contributed by atoms with Crippen molar-refractivity contribution in [2.24, 2.45) is 0 Å². The van der Waals surface area contributed by atoms with Gasteiger partial charge in [0.1, 0.15) is 0 Å². The summed E-state index contributed by atoms with van der Waals surface area (Å²) in [7, 11) is 2.01. The molecule has 0 amide bonds. The van der Waals surface area contributed by atoms with Crippen LogP contribution in [0, 0.1) is 0 Å². The van der Waals surface area contributed by atoms with Crippen LogP contribution in [0.2, 0.25) is 0 Å². The van der Waals surface area contributed by atoms with Crippen LogP contribution in [-0.2, 0) is 13.1 Å². The van der Waals surface area contributed by atoms with E-state index >= 15 is 0 Å². The van der Waals surface area contributed by atoms with Gasteiger partial charge in [0, 0.05) is 25.0 Å². The van der Waals surface area contributed by atoms with E-state index in [1.54, 1.807) is 0 Å². The molecule has 0 aromatic carbocycles. The van der Waals surface area contributed by atoms with E-state index in [0.29, 0.717) is 0 Å². The Morgan fingerprint density at radius 2 is 1.76 bits per heavy atom. The predicted octanol–water partition coefficient (Wildman–Crippen LogP) is 3.96. The molecule has 1 aromatic heterocycles. The summed E-state index contributed by atoms with van der Waals surface area (Å²) in [5.74, 6) is 0. The van der Waals surface area contributed by atoms with Crippen molar-refractivity contribution in [2.45, 2.75) is 65.0 Å². The van der Waals surface area contributed by atoms with Gasteiger partial charge in [0.05, 0.1) is 0 Å². The number of aromatic nitrogens is 1. The van der Waals surface area contributed by atoms with E-state index in [-0.39, 0.29) is 0 Å². The number of hydrogen-bond donors (Lipinski definition) is 1. The third-order valence-electron chi connectivity index (χ3n) is 3.28. The molecule has 0 atom stereocenters. The van der Waals surface area contributed by atoms with Gasteiger partial charge in [-0.15, -0.1) is 0 Å². The van der Waals surface area contributed by atoms with Crippen LogP contribution in [0.5, 0.6) is 0 Å². The van der Waals surface area contributed by atoms with Crippen LogP contribution >= 0.6 is 0 Å². The highest BCUT2D eigenvalue weighted by molar-refractivity contribution is 5.06. The topological polar surface area (TPSA) is 17.0 Å². The van der Waals surface area contributed by atoms with E-state index < -0.39 is 0 Å². The molecule has 0 aliphatic carbocycles. The Labute approximate surface area is 106 Å². The number of nitrogens with zero attached hydrogens (tertiary/aromatic N) is 1. The maximum atomic E-state index is 3.21. The molecule has 1 heterocycles. The van der Waals surface area contributed by atoms with Gasteiger partial charge in [0.25, 0.3) is 0 Å². The van der Waals surface area contributed by atoms with Crippen molar-refractivity contribution < 1.29 is 0 Å². The molecule has 2 nitrogen and oxygen atoms in total. The Morgan fingerprint density at radius 3 is 2.47 bits per heavy atom. The Hall–Kier alpha value is -0.760. The fourth-order valence-electron chi connectivity index (χ4n) is 2.25. The Kier molecular flexibility index (Phi) is 7.81. The van der Waals surface area contributed by atoms with Crippen molar-refractivity contribution in [3.63, 3.8) is 0 Å². The van der Waals surface area contributed by atoms with Crippen LogP contribution in [0.3, 0.4) is 0 Å². The third-order valence-corrected chi connectivity index (χ3v) is 3.28. The first kappa shape index (κ1) is 14.3. The van der Waals surface area contributed by atoms with Gasteiger partial charge in [-0.25, -0.2) is 0 Å². The van der Waals surface area contributed by atoms with Gasteiger partial charge in [-0.1, -0.05) is 45.4 Å². The van der Waals surface area contributed by atoms with Crippen molar-refractivity contribution in [1.82, 2.24) is 9.88 Å². The van der Waals surface area contributed by atoms with E-state index in [2.05, 4.69) is 35.1 Å². The van der Waals surface area contributed by atoms with E-state index in [9.17, 15) is 0 Å². The minimum absolute atomic E-state index is 0.976. The summed E-state index contributed by atoms with van der Waals surface area (Å²) in [6, 6.07) is 4.35. The molecule has 0 spiro atoms. The van der Waals surface area contributed by atoms with Gasteiger partial charge in [0.15, 0.2) is 0 Å². The number of unbranched alkanes of at least 4 members (excludes halogenated alkanes) is 6. The third kappa shape index (κ3) is 5.92. The first-order valence-corrected chi connectivity index (χ1v) is 7.17. The minimum Gasteiger partial charge on any atom is -0.350 e. The Balaban J connectivity index is 2.07. The minimum atomic E-state index is 0.976. The summed E-state index contributed by atoms with van der Waals surface area (Å²) in [6.07, 6.45) is 11.9. The van der Waals surface area contributed by atoms with Gasteiger partial charge >= 0.3 is 0 Å². The first-order valence-electron chi connectivity index (χ1n) is 7.17. The van der Waals surface area contributed by atoms with E-state index in [1.165, 1.54) is 57.2 Å². The highest BCUT2D eigenvalue weighted by Crippen LogP contribution is 2.09. The van der Waals surface area contributed by atoms with Crippen molar-refractivity contribution in [1.29, 1.82) is 0 Å². The number of nitrogens with one attached hydrogen (secondary N) is 1.